The van der Waals surface area contributed by atoms with Crippen LogP contribution in [-0.4, -0.2) is 42.9 Å². The van der Waals surface area contributed by atoms with Crippen LogP contribution in [0.4, 0.5) is 0 Å². The van der Waals surface area contributed by atoms with Crippen molar-refractivity contribution in [1.82, 2.24) is 4.90 Å². The highest BCUT2D eigenvalue weighted by atomic mass is 32.1. The van der Waals surface area contributed by atoms with Gasteiger partial charge in [0, 0.05) is 13.1 Å². The normalized spacial score (nSPS) is 17.5. The van der Waals surface area contributed by atoms with Gasteiger partial charge in [-0.15, -0.1) is 0 Å². The molecule has 4 heteroatoms. The van der Waals surface area contributed by atoms with Crippen LogP contribution < -0.4 is 0 Å². The van der Waals surface area contributed by atoms with Gasteiger partial charge in [0.1, 0.15) is 6.61 Å². The van der Waals surface area contributed by atoms with E-state index in [0.29, 0.717) is 6.61 Å². The number of thiol groups is 1. The summed E-state index contributed by atoms with van der Waals surface area (Å²) < 4.78 is 5.06. The summed E-state index contributed by atoms with van der Waals surface area (Å²) in [5.41, 5.74) is 0. The summed E-state index contributed by atoms with van der Waals surface area (Å²) in [5.74, 6) is 1.11. The fourth-order valence-electron chi connectivity index (χ4n) is 1.55. The summed E-state index contributed by atoms with van der Waals surface area (Å²) in [7, 11) is 0. The largest absolute Gasteiger partial charge is 0.370 e. The summed E-state index contributed by atoms with van der Waals surface area (Å²) >= 11 is 4.16. The summed E-state index contributed by atoms with van der Waals surface area (Å²) in [6.45, 7) is 2.64. The van der Waals surface area contributed by atoms with E-state index in [2.05, 4.69) is 12.6 Å². The average Bonchev–Trinajstić information content (AvgIpc) is 2.20. The molecule has 3 nitrogen and oxygen atoms in total. The number of carbonyl (C=O) groups is 1. The molecular weight excluding hydrogens is 198 g/mol. The smallest absolute Gasteiger partial charge is 0.248 e. The van der Waals surface area contributed by atoms with Crippen molar-refractivity contribution < 1.29 is 9.53 Å². The zero-order valence-corrected chi connectivity index (χ0v) is 9.47. The monoisotopic (exact) mass is 217 g/mol. The molecule has 0 spiro atoms. The summed E-state index contributed by atoms with van der Waals surface area (Å²) in [6.07, 6.45) is 4.72. The summed E-state index contributed by atoms with van der Waals surface area (Å²) in [5, 5.41) is 0. The Balaban J connectivity index is 2.02. The van der Waals surface area contributed by atoms with Crippen molar-refractivity contribution in [3.8, 4) is 0 Å². The van der Waals surface area contributed by atoms with Crippen molar-refractivity contribution in [2.24, 2.45) is 0 Å². The van der Waals surface area contributed by atoms with Gasteiger partial charge in [-0.2, -0.15) is 12.6 Å². The molecule has 0 radical (unpaired) electrons. The Kier molecular flexibility index (Phi) is 6.03. The van der Waals surface area contributed by atoms with Crippen molar-refractivity contribution in [2.75, 3.05) is 32.1 Å². The molecule has 0 aromatic rings. The summed E-state index contributed by atoms with van der Waals surface area (Å²) in [6, 6.07) is 0. The summed E-state index contributed by atoms with van der Waals surface area (Å²) in [4.78, 5) is 13.2. The first-order valence-corrected chi connectivity index (χ1v) is 5.94. The highest BCUT2D eigenvalue weighted by Gasteiger charge is 2.17. The van der Waals surface area contributed by atoms with Crippen molar-refractivity contribution >= 4 is 18.5 Å². The number of carbonyl (C=O) groups excluding carboxylic acids is 1. The van der Waals surface area contributed by atoms with Crippen LogP contribution in [0.5, 0.6) is 0 Å². The molecule has 1 saturated heterocycles. The van der Waals surface area contributed by atoms with Gasteiger partial charge in [0.15, 0.2) is 0 Å². The Bertz CT molecular complexity index is 176. The second-order valence-corrected chi connectivity index (χ2v) is 4.02. The molecule has 0 unspecified atom stereocenters. The van der Waals surface area contributed by atoms with Gasteiger partial charge in [-0.05, 0) is 18.6 Å². The molecule has 0 aromatic carbocycles. The van der Waals surface area contributed by atoms with E-state index in [9.17, 15) is 4.79 Å². The average molecular weight is 217 g/mol. The number of rotatable bonds is 6. The quantitative estimate of drug-likeness (QED) is 0.537. The minimum absolute atomic E-state index is 0.144. The van der Waals surface area contributed by atoms with Crippen molar-refractivity contribution in [3.63, 3.8) is 0 Å². The van der Waals surface area contributed by atoms with Crippen LogP contribution in [0.25, 0.3) is 0 Å². The number of morpholine rings is 1. The molecule has 1 amide bonds. The van der Waals surface area contributed by atoms with Crippen LogP contribution in [0.3, 0.4) is 0 Å². The molecule has 1 rings (SSSR count). The predicted octanol–water partition coefficient (Wildman–Crippen LogP) is 1.34. The molecule has 0 saturated carbocycles. The van der Waals surface area contributed by atoms with E-state index in [1.54, 1.807) is 0 Å². The number of unbranched alkanes of at least 4 members (excludes halogenated alkanes) is 3. The van der Waals surface area contributed by atoms with Crippen LogP contribution in [0.15, 0.2) is 0 Å². The van der Waals surface area contributed by atoms with E-state index >= 15 is 0 Å². The van der Waals surface area contributed by atoms with E-state index in [-0.39, 0.29) is 12.5 Å². The topological polar surface area (TPSA) is 29.5 Å². The molecule has 14 heavy (non-hydrogen) atoms. The molecular formula is C10H19NO2S. The SMILES string of the molecule is O=C1COCCN1CCCCCCS. The highest BCUT2D eigenvalue weighted by Crippen LogP contribution is 2.05. The number of hydrogen-bond donors (Lipinski definition) is 1. The fraction of sp³-hybridized carbons (Fsp3) is 0.900. The number of ether oxygens (including phenoxy) is 1. The lowest BCUT2D eigenvalue weighted by molar-refractivity contribution is -0.142. The van der Waals surface area contributed by atoms with E-state index < -0.39 is 0 Å². The predicted molar refractivity (Wildman–Crippen MR) is 59.7 cm³/mol. The second kappa shape index (κ2) is 7.12. The Hall–Kier alpha value is -0.220. The van der Waals surface area contributed by atoms with Crippen molar-refractivity contribution in [3.05, 3.63) is 0 Å². The van der Waals surface area contributed by atoms with Crippen LogP contribution in [0.2, 0.25) is 0 Å². The maximum absolute atomic E-state index is 11.3. The molecule has 1 heterocycles. The van der Waals surface area contributed by atoms with Gasteiger partial charge in [0.2, 0.25) is 5.91 Å². The Labute approximate surface area is 91.2 Å². The molecule has 1 aliphatic rings. The van der Waals surface area contributed by atoms with Crippen molar-refractivity contribution in [2.45, 2.75) is 25.7 Å². The maximum atomic E-state index is 11.3. The van der Waals surface area contributed by atoms with Gasteiger partial charge in [-0.1, -0.05) is 12.8 Å². The van der Waals surface area contributed by atoms with Gasteiger partial charge in [0.25, 0.3) is 0 Å². The van der Waals surface area contributed by atoms with Crippen LogP contribution in [0, 0.1) is 0 Å². The standard InChI is InChI=1S/C10H19NO2S/c12-10-9-13-7-6-11(10)5-3-1-2-4-8-14/h14H,1-9H2. The van der Waals surface area contributed by atoms with E-state index in [1.165, 1.54) is 19.3 Å². The first-order chi connectivity index (χ1) is 6.84. The minimum Gasteiger partial charge on any atom is -0.370 e. The molecule has 0 aromatic heterocycles. The van der Waals surface area contributed by atoms with Crippen LogP contribution in [-0.2, 0) is 9.53 Å². The Morgan fingerprint density at radius 1 is 1.29 bits per heavy atom. The highest BCUT2D eigenvalue weighted by molar-refractivity contribution is 7.80. The van der Waals surface area contributed by atoms with E-state index in [1.807, 2.05) is 4.90 Å². The first kappa shape index (κ1) is 11.9. The van der Waals surface area contributed by atoms with E-state index in [4.69, 9.17) is 4.74 Å². The Morgan fingerprint density at radius 2 is 2.07 bits per heavy atom. The van der Waals surface area contributed by atoms with Crippen LogP contribution >= 0.6 is 12.6 Å². The zero-order valence-electron chi connectivity index (χ0n) is 8.57. The lowest BCUT2D eigenvalue weighted by atomic mass is 10.2. The molecule has 1 fully saturated rings. The fourth-order valence-corrected chi connectivity index (χ4v) is 1.78. The third-order valence-corrected chi connectivity index (χ3v) is 2.74. The van der Waals surface area contributed by atoms with Crippen molar-refractivity contribution in [1.29, 1.82) is 0 Å². The first-order valence-electron chi connectivity index (χ1n) is 5.31. The van der Waals surface area contributed by atoms with Crippen LogP contribution in [0.1, 0.15) is 25.7 Å². The minimum atomic E-state index is 0.144. The van der Waals surface area contributed by atoms with Gasteiger partial charge in [-0.3, -0.25) is 4.79 Å². The zero-order chi connectivity index (χ0) is 10.2. The number of amides is 1. The molecule has 0 atom stereocenters. The third-order valence-electron chi connectivity index (χ3n) is 2.42. The number of hydrogen-bond acceptors (Lipinski definition) is 3. The van der Waals surface area contributed by atoms with Gasteiger partial charge in [-0.25, -0.2) is 0 Å². The van der Waals surface area contributed by atoms with Gasteiger partial charge < -0.3 is 9.64 Å². The maximum Gasteiger partial charge on any atom is 0.248 e. The van der Waals surface area contributed by atoms with E-state index in [0.717, 1.165) is 25.3 Å². The van der Waals surface area contributed by atoms with Gasteiger partial charge >= 0.3 is 0 Å². The lowest BCUT2D eigenvalue weighted by Crippen LogP contribution is -2.41. The molecule has 1 aliphatic heterocycles. The molecule has 0 N–H and O–H groups in total. The lowest BCUT2D eigenvalue weighted by Gasteiger charge is -2.26. The molecule has 82 valence electrons. The van der Waals surface area contributed by atoms with Gasteiger partial charge in [0.05, 0.1) is 6.61 Å². The molecule has 0 bridgehead atoms. The second-order valence-electron chi connectivity index (χ2n) is 3.57. The molecule has 0 aliphatic carbocycles. The Morgan fingerprint density at radius 3 is 2.79 bits per heavy atom. The third kappa shape index (κ3) is 4.33. The number of nitrogens with zero attached hydrogens (tertiary/aromatic N) is 1.